The molecule has 0 amide bonds. The zero-order valence-electron chi connectivity index (χ0n) is 7.05. The lowest BCUT2D eigenvalue weighted by Crippen LogP contribution is -2.29. The Hall–Kier alpha value is -1.54. The number of hydrogen-bond acceptors (Lipinski definition) is 2. The lowest BCUT2D eigenvalue weighted by atomic mass is 10.0. The molecule has 1 aromatic rings. The van der Waals surface area contributed by atoms with Crippen molar-refractivity contribution in [1.82, 2.24) is 0 Å². The third-order valence-electron chi connectivity index (χ3n) is 1.77. The molecular formula is C9H7F3N2. The summed E-state index contributed by atoms with van der Waals surface area (Å²) in [5, 5.41) is 8.56. The van der Waals surface area contributed by atoms with Crippen LogP contribution in [0.2, 0.25) is 0 Å². The van der Waals surface area contributed by atoms with Gasteiger partial charge in [0.05, 0.1) is 11.6 Å². The first-order valence-corrected chi connectivity index (χ1v) is 3.78. The van der Waals surface area contributed by atoms with E-state index in [2.05, 4.69) is 0 Å². The van der Waals surface area contributed by atoms with Gasteiger partial charge in [-0.05, 0) is 11.6 Å². The minimum absolute atomic E-state index is 0.0441. The Morgan fingerprint density at radius 2 is 1.86 bits per heavy atom. The molecule has 0 unspecified atom stereocenters. The Bertz CT molecular complexity index is 365. The van der Waals surface area contributed by atoms with Gasteiger partial charge in [-0.15, -0.1) is 0 Å². The summed E-state index contributed by atoms with van der Waals surface area (Å²) < 4.78 is 36.7. The van der Waals surface area contributed by atoms with E-state index in [1.54, 1.807) is 6.07 Å². The van der Waals surface area contributed by atoms with Gasteiger partial charge < -0.3 is 5.73 Å². The molecule has 0 saturated carbocycles. The summed E-state index contributed by atoms with van der Waals surface area (Å²) in [4.78, 5) is 0. The maximum absolute atomic E-state index is 12.2. The number of nitrogens with zero attached hydrogens (tertiary/aromatic N) is 1. The molecule has 0 spiro atoms. The molecule has 0 fully saturated rings. The van der Waals surface area contributed by atoms with Crippen molar-refractivity contribution in [2.24, 2.45) is 5.73 Å². The molecule has 0 heterocycles. The first kappa shape index (κ1) is 10.5. The van der Waals surface area contributed by atoms with Crippen LogP contribution in [-0.2, 0) is 0 Å². The highest BCUT2D eigenvalue weighted by Gasteiger charge is 2.38. The highest BCUT2D eigenvalue weighted by Crippen LogP contribution is 2.31. The molecule has 2 nitrogen and oxygen atoms in total. The normalized spacial score (nSPS) is 13.4. The molecule has 14 heavy (non-hydrogen) atoms. The third-order valence-corrected chi connectivity index (χ3v) is 1.77. The van der Waals surface area contributed by atoms with Gasteiger partial charge in [0.2, 0.25) is 0 Å². The van der Waals surface area contributed by atoms with Crippen LogP contribution in [-0.4, -0.2) is 6.18 Å². The molecule has 1 aromatic carbocycles. The van der Waals surface area contributed by atoms with Crippen LogP contribution in [0.3, 0.4) is 0 Å². The van der Waals surface area contributed by atoms with Crippen LogP contribution in [0.25, 0.3) is 0 Å². The Balaban J connectivity index is 3.14. The Morgan fingerprint density at radius 1 is 1.29 bits per heavy atom. The molecule has 0 radical (unpaired) electrons. The van der Waals surface area contributed by atoms with Crippen LogP contribution in [0.5, 0.6) is 0 Å². The van der Waals surface area contributed by atoms with Crippen molar-refractivity contribution in [1.29, 1.82) is 5.26 Å². The maximum atomic E-state index is 12.2. The minimum Gasteiger partial charge on any atom is -0.316 e. The smallest absolute Gasteiger partial charge is 0.316 e. The van der Waals surface area contributed by atoms with Crippen molar-refractivity contribution >= 4 is 0 Å². The van der Waals surface area contributed by atoms with Crippen molar-refractivity contribution in [3.8, 4) is 6.07 Å². The molecule has 5 heteroatoms. The molecular weight excluding hydrogens is 193 g/mol. The standard InChI is InChI=1S/C9H7F3N2/c10-9(11,12)8(14)7-4-2-1-3-6(7)5-13/h1-4,8H,14H2/t8-/m1/s1. The summed E-state index contributed by atoms with van der Waals surface area (Å²) in [6, 6.07) is 4.99. The van der Waals surface area contributed by atoms with Gasteiger partial charge in [-0.25, -0.2) is 0 Å². The predicted molar refractivity (Wildman–Crippen MR) is 44.1 cm³/mol. The van der Waals surface area contributed by atoms with Crippen molar-refractivity contribution in [3.05, 3.63) is 35.4 Å². The minimum atomic E-state index is -4.52. The van der Waals surface area contributed by atoms with E-state index in [0.717, 1.165) is 0 Å². The topological polar surface area (TPSA) is 49.8 Å². The van der Waals surface area contributed by atoms with Crippen LogP contribution in [0.15, 0.2) is 24.3 Å². The summed E-state index contributed by atoms with van der Waals surface area (Å²) in [5.74, 6) is 0. The van der Waals surface area contributed by atoms with Crippen LogP contribution >= 0.6 is 0 Å². The van der Waals surface area contributed by atoms with E-state index < -0.39 is 12.2 Å². The molecule has 2 N–H and O–H groups in total. The molecule has 0 aromatic heterocycles. The number of nitriles is 1. The van der Waals surface area contributed by atoms with E-state index in [9.17, 15) is 13.2 Å². The largest absolute Gasteiger partial charge is 0.407 e. The molecule has 0 aliphatic carbocycles. The van der Waals surface area contributed by atoms with E-state index in [1.165, 1.54) is 24.3 Å². The number of rotatable bonds is 1. The molecule has 74 valence electrons. The molecule has 1 rings (SSSR count). The van der Waals surface area contributed by atoms with Gasteiger partial charge >= 0.3 is 6.18 Å². The van der Waals surface area contributed by atoms with Crippen molar-refractivity contribution in [2.45, 2.75) is 12.2 Å². The number of benzene rings is 1. The number of alkyl halides is 3. The van der Waals surface area contributed by atoms with Crippen molar-refractivity contribution in [3.63, 3.8) is 0 Å². The molecule has 0 aliphatic rings. The van der Waals surface area contributed by atoms with Crippen molar-refractivity contribution in [2.75, 3.05) is 0 Å². The van der Waals surface area contributed by atoms with Crippen LogP contribution in [0.4, 0.5) is 13.2 Å². The second-order valence-corrected chi connectivity index (χ2v) is 2.72. The Labute approximate surface area is 78.8 Å². The van der Waals surface area contributed by atoms with Gasteiger partial charge in [0.15, 0.2) is 0 Å². The summed E-state index contributed by atoms with van der Waals surface area (Å²) in [6.07, 6.45) is -4.52. The lowest BCUT2D eigenvalue weighted by Gasteiger charge is -2.16. The molecule has 0 bridgehead atoms. The number of nitrogens with two attached hydrogens (primary N) is 1. The fourth-order valence-electron chi connectivity index (χ4n) is 1.05. The highest BCUT2D eigenvalue weighted by atomic mass is 19.4. The fourth-order valence-corrected chi connectivity index (χ4v) is 1.05. The Morgan fingerprint density at radius 3 is 2.36 bits per heavy atom. The van der Waals surface area contributed by atoms with E-state index >= 15 is 0 Å². The van der Waals surface area contributed by atoms with E-state index in [-0.39, 0.29) is 11.1 Å². The first-order valence-electron chi connectivity index (χ1n) is 3.78. The average molecular weight is 200 g/mol. The fraction of sp³-hybridized carbons (Fsp3) is 0.222. The van der Waals surface area contributed by atoms with Gasteiger partial charge in [0.25, 0.3) is 0 Å². The van der Waals surface area contributed by atoms with Gasteiger partial charge in [0, 0.05) is 0 Å². The molecule has 1 atom stereocenters. The van der Waals surface area contributed by atoms with E-state index in [1.807, 2.05) is 0 Å². The predicted octanol–water partition coefficient (Wildman–Crippen LogP) is 2.12. The summed E-state index contributed by atoms with van der Waals surface area (Å²) in [6.45, 7) is 0. The van der Waals surface area contributed by atoms with Crippen molar-refractivity contribution < 1.29 is 13.2 Å². The second kappa shape index (κ2) is 3.68. The zero-order chi connectivity index (χ0) is 10.8. The summed E-state index contributed by atoms with van der Waals surface area (Å²) >= 11 is 0. The average Bonchev–Trinajstić information content (AvgIpc) is 2.15. The molecule has 0 aliphatic heterocycles. The number of hydrogen-bond donors (Lipinski definition) is 1. The Kier molecular flexibility index (Phi) is 2.77. The summed E-state index contributed by atoms with van der Waals surface area (Å²) in [7, 11) is 0. The van der Waals surface area contributed by atoms with E-state index in [0.29, 0.717) is 0 Å². The third kappa shape index (κ3) is 2.03. The van der Waals surface area contributed by atoms with Crippen LogP contribution in [0, 0.1) is 11.3 Å². The van der Waals surface area contributed by atoms with Gasteiger partial charge in [-0.1, -0.05) is 18.2 Å². The molecule has 0 saturated heterocycles. The van der Waals surface area contributed by atoms with Crippen LogP contribution in [0.1, 0.15) is 17.2 Å². The summed E-state index contributed by atoms with van der Waals surface area (Å²) in [5.41, 5.74) is 4.74. The second-order valence-electron chi connectivity index (χ2n) is 2.72. The zero-order valence-corrected chi connectivity index (χ0v) is 7.05. The lowest BCUT2D eigenvalue weighted by molar-refractivity contribution is -0.149. The number of halogens is 3. The highest BCUT2D eigenvalue weighted by molar-refractivity contribution is 5.39. The quantitative estimate of drug-likeness (QED) is 0.754. The van der Waals surface area contributed by atoms with E-state index in [4.69, 9.17) is 11.0 Å². The van der Waals surface area contributed by atoms with Gasteiger partial charge in [-0.3, -0.25) is 0 Å². The van der Waals surface area contributed by atoms with Crippen LogP contribution < -0.4 is 5.73 Å². The SMILES string of the molecule is N#Cc1ccccc1[C@@H](N)C(F)(F)F. The van der Waals surface area contributed by atoms with Gasteiger partial charge in [-0.2, -0.15) is 18.4 Å². The monoisotopic (exact) mass is 200 g/mol. The van der Waals surface area contributed by atoms with Gasteiger partial charge in [0.1, 0.15) is 6.04 Å². The first-order chi connectivity index (χ1) is 6.46. The maximum Gasteiger partial charge on any atom is 0.407 e.